The molecule has 64 valence electrons. The van der Waals surface area contributed by atoms with Crippen LogP contribution in [0.2, 0.25) is 5.02 Å². The van der Waals surface area contributed by atoms with Crippen LogP contribution in [-0.2, 0) is 0 Å². The molecule has 0 saturated carbocycles. The van der Waals surface area contributed by atoms with Gasteiger partial charge in [-0.2, -0.15) is 0 Å². The normalized spacial score (nSPS) is 10.0. The minimum absolute atomic E-state index is 0.0208. The van der Waals surface area contributed by atoms with Crippen LogP contribution in [0.15, 0.2) is 16.6 Å². The zero-order valence-corrected chi connectivity index (χ0v) is 9.16. The summed E-state index contributed by atoms with van der Waals surface area (Å²) < 4.78 is 0.683. The molecule has 0 fully saturated rings. The Morgan fingerprint density at radius 3 is 2.58 bits per heavy atom. The third kappa shape index (κ3) is 1.87. The topological polar surface area (TPSA) is 17.1 Å². The van der Waals surface area contributed by atoms with Gasteiger partial charge in [0.15, 0.2) is 5.78 Å². The number of hydrogen-bond acceptors (Lipinski definition) is 1. The molecule has 0 spiro atoms. The molecule has 3 heteroatoms. The lowest BCUT2D eigenvalue weighted by Crippen LogP contribution is -1.94. The zero-order valence-electron chi connectivity index (χ0n) is 6.82. The van der Waals surface area contributed by atoms with E-state index in [-0.39, 0.29) is 5.78 Å². The lowest BCUT2D eigenvalue weighted by atomic mass is 10.1. The van der Waals surface area contributed by atoms with E-state index in [2.05, 4.69) is 15.9 Å². The van der Waals surface area contributed by atoms with E-state index < -0.39 is 0 Å². The van der Waals surface area contributed by atoms with Crippen LogP contribution in [0.25, 0.3) is 0 Å². The third-order valence-corrected chi connectivity index (χ3v) is 2.93. The molecular formula is C9H8BrClO. The summed E-state index contributed by atoms with van der Waals surface area (Å²) in [5, 5.41) is 0.584. The first-order valence-electron chi connectivity index (χ1n) is 3.49. The quantitative estimate of drug-likeness (QED) is 0.693. The van der Waals surface area contributed by atoms with Gasteiger partial charge in [-0.25, -0.2) is 0 Å². The molecule has 0 saturated heterocycles. The number of benzene rings is 1. The molecule has 0 aliphatic rings. The van der Waals surface area contributed by atoms with Crippen LogP contribution in [0.1, 0.15) is 22.8 Å². The summed E-state index contributed by atoms with van der Waals surface area (Å²) >= 11 is 9.13. The van der Waals surface area contributed by atoms with Gasteiger partial charge in [0.05, 0.1) is 5.02 Å². The highest BCUT2D eigenvalue weighted by atomic mass is 79.9. The number of carbonyl (C=O) groups is 1. The number of halogens is 2. The second kappa shape index (κ2) is 3.58. The summed E-state index contributed by atoms with van der Waals surface area (Å²) in [5.74, 6) is 0.0208. The standard InChI is InChI=1S/C9H8BrClO/c1-5-3-7(6(2)12)9(10)8(11)4-5/h3-4H,1-2H3. The van der Waals surface area contributed by atoms with E-state index in [0.29, 0.717) is 15.1 Å². The van der Waals surface area contributed by atoms with E-state index >= 15 is 0 Å². The largest absolute Gasteiger partial charge is 0.294 e. The predicted octanol–water partition coefficient (Wildman–Crippen LogP) is 3.61. The van der Waals surface area contributed by atoms with Gasteiger partial charge < -0.3 is 0 Å². The van der Waals surface area contributed by atoms with Crippen molar-refractivity contribution in [2.45, 2.75) is 13.8 Å². The Kier molecular flexibility index (Phi) is 2.91. The van der Waals surface area contributed by atoms with Crippen LogP contribution < -0.4 is 0 Å². The molecule has 1 aromatic carbocycles. The molecule has 0 radical (unpaired) electrons. The minimum atomic E-state index is 0.0208. The summed E-state index contributed by atoms with van der Waals surface area (Å²) in [4.78, 5) is 11.1. The average Bonchev–Trinajstić information content (AvgIpc) is 1.96. The first-order chi connectivity index (χ1) is 5.52. The maximum atomic E-state index is 11.1. The van der Waals surface area contributed by atoms with Crippen LogP contribution >= 0.6 is 27.5 Å². The molecule has 0 heterocycles. The fourth-order valence-electron chi connectivity index (χ4n) is 0.981. The SMILES string of the molecule is CC(=O)c1cc(C)cc(Cl)c1Br. The van der Waals surface area contributed by atoms with Gasteiger partial charge in [-0.05, 0) is 47.5 Å². The summed E-state index contributed by atoms with van der Waals surface area (Å²) in [7, 11) is 0. The minimum Gasteiger partial charge on any atom is -0.294 e. The molecule has 0 bridgehead atoms. The first kappa shape index (κ1) is 9.75. The van der Waals surface area contributed by atoms with Crippen LogP contribution in [0.4, 0.5) is 0 Å². The Morgan fingerprint density at radius 2 is 2.08 bits per heavy atom. The van der Waals surface area contributed by atoms with Gasteiger partial charge in [-0.3, -0.25) is 4.79 Å². The van der Waals surface area contributed by atoms with Gasteiger partial charge in [0.25, 0.3) is 0 Å². The van der Waals surface area contributed by atoms with E-state index in [1.807, 2.05) is 19.1 Å². The van der Waals surface area contributed by atoms with Crippen molar-refractivity contribution in [3.63, 3.8) is 0 Å². The fourth-order valence-corrected chi connectivity index (χ4v) is 1.76. The Labute approximate surface area is 84.9 Å². The number of carbonyl (C=O) groups excluding carboxylic acids is 1. The van der Waals surface area contributed by atoms with Gasteiger partial charge in [0, 0.05) is 10.0 Å². The summed E-state index contributed by atoms with van der Waals surface area (Å²) in [6.07, 6.45) is 0. The zero-order chi connectivity index (χ0) is 9.30. The van der Waals surface area contributed by atoms with Crippen molar-refractivity contribution >= 4 is 33.3 Å². The Hall–Kier alpha value is -0.340. The molecule has 0 aliphatic heterocycles. The lowest BCUT2D eigenvalue weighted by molar-refractivity contribution is 0.101. The van der Waals surface area contributed by atoms with Crippen molar-refractivity contribution in [3.05, 3.63) is 32.8 Å². The van der Waals surface area contributed by atoms with Crippen molar-refractivity contribution in [2.75, 3.05) is 0 Å². The molecular weight excluding hydrogens is 239 g/mol. The molecule has 0 aromatic heterocycles. The van der Waals surface area contributed by atoms with E-state index in [4.69, 9.17) is 11.6 Å². The lowest BCUT2D eigenvalue weighted by Gasteiger charge is -2.03. The Morgan fingerprint density at radius 1 is 1.50 bits per heavy atom. The van der Waals surface area contributed by atoms with Crippen molar-refractivity contribution in [1.29, 1.82) is 0 Å². The molecule has 0 unspecified atom stereocenters. The van der Waals surface area contributed by atoms with Crippen molar-refractivity contribution in [1.82, 2.24) is 0 Å². The van der Waals surface area contributed by atoms with Crippen LogP contribution in [0.5, 0.6) is 0 Å². The van der Waals surface area contributed by atoms with Gasteiger partial charge >= 0.3 is 0 Å². The molecule has 1 aromatic rings. The van der Waals surface area contributed by atoms with Gasteiger partial charge in [0.2, 0.25) is 0 Å². The smallest absolute Gasteiger partial charge is 0.160 e. The van der Waals surface area contributed by atoms with Crippen LogP contribution in [0, 0.1) is 6.92 Å². The van der Waals surface area contributed by atoms with E-state index in [1.165, 1.54) is 6.92 Å². The number of hydrogen-bond donors (Lipinski definition) is 0. The summed E-state index contributed by atoms with van der Waals surface area (Å²) in [6, 6.07) is 3.64. The molecule has 0 aliphatic carbocycles. The highest BCUT2D eigenvalue weighted by Gasteiger charge is 2.08. The average molecular weight is 248 g/mol. The Bertz CT molecular complexity index is 334. The second-order valence-electron chi connectivity index (χ2n) is 2.66. The van der Waals surface area contributed by atoms with Crippen molar-refractivity contribution in [3.8, 4) is 0 Å². The van der Waals surface area contributed by atoms with Gasteiger partial charge in [0.1, 0.15) is 0 Å². The molecule has 1 nitrogen and oxygen atoms in total. The maximum absolute atomic E-state index is 11.1. The van der Waals surface area contributed by atoms with E-state index in [9.17, 15) is 4.79 Å². The highest BCUT2D eigenvalue weighted by molar-refractivity contribution is 9.10. The van der Waals surface area contributed by atoms with E-state index in [1.54, 1.807) is 0 Å². The molecule has 0 N–H and O–H groups in total. The van der Waals surface area contributed by atoms with Gasteiger partial charge in [-0.15, -0.1) is 0 Å². The predicted molar refractivity (Wildman–Crippen MR) is 53.9 cm³/mol. The summed E-state index contributed by atoms with van der Waals surface area (Å²) in [5.41, 5.74) is 1.63. The number of Topliss-reactive ketones (excluding diaryl/α,β-unsaturated/α-hetero) is 1. The molecule has 0 amide bonds. The number of aryl methyl sites for hydroxylation is 1. The van der Waals surface area contributed by atoms with Gasteiger partial charge in [-0.1, -0.05) is 11.6 Å². The van der Waals surface area contributed by atoms with Crippen molar-refractivity contribution < 1.29 is 4.79 Å². The summed E-state index contributed by atoms with van der Waals surface area (Å²) in [6.45, 7) is 3.43. The highest BCUT2D eigenvalue weighted by Crippen LogP contribution is 2.28. The number of rotatable bonds is 1. The number of ketones is 1. The maximum Gasteiger partial charge on any atom is 0.160 e. The molecule has 0 atom stereocenters. The fraction of sp³-hybridized carbons (Fsp3) is 0.222. The van der Waals surface area contributed by atoms with Crippen LogP contribution in [0.3, 0.4) is 0 Å². The Balaban J connectivity index is 3.37. The van der Waals surface area contributed by atoms with Crippen LogP contribution in [-0.4, -0.2) is 5.78 Å². The molecule has 1 rings (SSSR count). The second-order valence-corrected chi connectivity index (χ2v) is 3.86. The third-order valence-electron chi connectivity index (χ3n) is 1.55. The monoisotopic (exact) mass is 246 g/mol. The van der Waals surface area contributed by atoms with Crippen molar-refractivity contribution in [2.24, 2.45) is 0 Å². The first-order valence-corrected chi connectivity index (χ1v) is 4.66. The molecule has 12 heavy (non-hydrogen) atoms. The van der Waals surface area contributed by atoms with E-state index in [0.717, 1.165) is 5.56 Å².